The van der Waals surface area contributed by atoms with E-state index in [2.05, 4.69) is 38.0 Å². The Morgan fingerprint density at radius 2 is 2.11 bits per heavy atom. The first-order chi connectivity index (χ1) is 9.22. The van der Waals surface area contributed by atoms with Gasteiger partial charge in [0.1, 0.15) is 10.5 Å². The third-order valence-corrected chi connectivity index (χ3v) is 4.35. The van der Waals surface area contributed by atoms with E-state index < -0.39 is 0 Å². The number of halogens is 1. The molecule has 98 valence electrons. The third kappa shape index (κ3) is 2.95. The normalized spacial score (nSPS) is 14.2. The lowest BCUT2D eigenvalue weighted by Crippen LogP contribution is -2.10. The van der Waals surface area contributed by atoms with E-state index in [0.717, 1.165) is 34.2 Å². The van der Waals surface area contributed by atoms with Gasteiger partial charge in [-0.25, -0.2) is 4.98 Å². The van der Waals surface area contributed by atoms with Gasteiger partial charge < -0.3 is 4.98 Å². The molecule has 0 radical (unpaired) electrons. The van der Waals surface area contributed by atoms with Crippen LogP contribution in [0, 0.1) is 4.64 Å². The van der Waals surface area contributed by atoms with Crippen molar-refractivity contribution < 1.29 is 0 Å². The van der Waals surface area contributed by atoms with E-state index in [1.807, 2.05) is 12.1 Å². The summed E-state index contributed by atoms with van der Waals surface area (Å²) in [6.45, 7) is 0. The number of rotatable bonds is 2. The lowest BCUT2D eigenvalue weighted by Gasteiger charge is -2.16. The van der Waals surface area contributed by atoms with E-state index in [1.54, 1.807) is 0 Å². The monoisotopic (exact) mass is 334 g/mol. The molecule has 1 N–H and O–H groups in total. The van der Waals surface area contributed by atoms with E-state index in [9.17, 15) is 0 Å². The number of nitrogens with zero attached hydrogens (tertiary/aromatic N) is 1. The number of aromatic nitrogens is 2. The number of fused-ring (bicyclic) bond motifs is 1. The van der Waals surface area contributed by atoms with Gasteiger partial charge in [-0.1, -0.05) is 40.3 Å². The molecule has 0 bridgehead atoms. The summed E-state index contributed by atoms with van der Waals surface area (Å²) in [5.41, 5.74) is 3.80. The molecule has 3 rings (SSSR count). The van der Waals surface area contributed by atoms with E-state index in [1.165, 1.54) is 29.7 Å². The first kappa shape index (κ1) is 13.0. The lowest BCUT2D eigenvalue weighted by atomic mass is 9.97. The summed E-state index contributed by atoms with van der Waals surface area (Å²) in [7, 11) is 0. The Hall–Kier alpha value is -1.00. The second-order valence-corrected chi connectivity index (χ2v) is 6.26. The summed E-state index contributed by atoms with van der Waals surface area (Å²) in [6, 6.07) is 8.32. The van der Waals surface area contributed by atoms with Gasteiger partial charge >= 0.3 is 0 Å². The second-order valence-electron chi connectivity index (χ2n) is 4.96. The molecule has 0 spiro atoms. The van der Waals surface area contributed by atoms with Crippen LogP contribution in [0.2, 0.25) is 0 Å². The molecule has 4 heteroatoms. The van der Waals surface area contributed by atoms with Crippen molar-refractivity contribution in [3.05, 3.63) is 56.0 Å². The van der Waals surface area contributed by atoms with Crippen LogP contribution in [-0.2, 0) is 19.3 Å². The number of aromatic amines is 1. The molecule has 0 amide bonds. The zero-order valence-electron chi connectivity index (χ0n) is 10.6. The summed E-state index contributed by atoms with van der Waals surface area (Å²) in [4.78, 5) is 8.04. The van der Waals surface area contributed by atoms with Crippen LogP contribution >= 0.6 is 28.1 Å². The number of hydrogen-bond donors (Lipinski definition) is 1. The highest BCUT2D eigenvalue weighted by Crippen LogP contribution is 2.21. The SMILES string of the molecule is S=c1nc(Cc2cccc(Br)c2)[nH]c2c1CCCC2. The molecule has 1 aliphatic carbocycles. The van der Waals surface area contributed by atoms with Crippen molar-refractivity contribution in [3.63, 3.8) is 0 Å². The fourth-order valence-corrected chi connectivity index (χ4v) is 3.38. The fraction of sp³-hybridized carbons (Fsp3) is 0.333. The Balaban J connectivity index is 1.94. The Labute approximate surface area is 126 Å². The van der Waals surface area contributed by atoms with Crippen LogP contribution in [0.15, 0.2) is 28.7 Å². The zero-order chi connectivity index (χ0) is 13.2. The van der Waals surface area contributed by atoms with Crippen LogP contribution in [0.3, 0.4) is 0 Å². The zero-order valence-corrected chi connectivity index (χ0v) is 13.0. The van der Waals surface area contributed by atoms with Gasteiger partial charge in [-0.05, 0) is 43.4 Å². The summed E-state index contributed by atoms with van der Waals surface area (Å²) in [5.74, 6) is 0.976. The van der Waals surface area contributed by atoms with Crippen LogP contribution < -0.4 is 0 Å². The quantitative estimate of drug-likeness (QED) is 0.826. The maximum absolute atomic E-state index is 5.43. The molecule has 0 atom stereocenters. The fourth-order valence-electron chi connectivity index (χ4n) is 2.60. The van der Waals surface area contributed by atoms with Crippen LogP contribution in [0.1, 0.15) is 35.5 Å². The predicted octanol–water partition coefficient (Wildman–Crippen LogP) is 4.37. The average molecular weight is 335 g/mol. The standard InChI is InChI=1S/C15H15BrN2S/c16-11-5-3-4-10(8-11)9-14-17-13-7-2-1-6-12(13)15(19)18-14/h3-5,8H,1-2,6-7,9H2,(H,17,18,19). The van der Waals surface area contributed by atoms with E-state index in [4.69, 9.17) is 12.2 Å². The molecule has 1 heterocycles. The molecule has 19 heavy (non-hydrogen) atoms. The Morgan fingerprint density at radius 1 is 1.26 bits per heavy atom. The summed E-state index contributed by atoms with van der Waals surface area (Å²) in [6.07, 6.45) is 5.47. The Morgan fingerprint density at radius 3 is 2.95 bits per heavy atom. The van der Waals surface area contributed by atoms with Gasteiger partial charge in [0.25, 0.3) is 0 Å². The van der Waals surface area contributed by atoms with E-state index >= 15 is 0 Å². The van der Waals surface area contributed by atoms with Gasteiger partial charge in [-0.15, -0.1) is 0 Å². The highest BCUT2D eigenvalue weighted by molar-refractivity contribution is 9.10. The van der Waals surface area contributed by atoms with Gasteiger partial charge in [0.05, 0.1) is 0 Å². The molecular weight excluding hydrogens is 320 g/mol. The predicted molar refractivity (Wildman–Crippen MR) is 83.0 cm³/mol. The molecule has 2 aromatic rings. The first-order valence-electron chi connectivity index (χ1n) is 6.58. The van der Waals surface area contributed by atoms with Gasteiger partial charge in [0, 0.05) is 22.2 Å². The van der Waals surface area contributed by atoms with Gasteiger partial charge in [0.15, 0.2) is 0 Å². The molecule has 0 fully saturated rings. The summed E-state index contributed by atoms with van der Waals surface area (Å²) >= 11 is 8.93. The Bertz CT molecular complexity index is 663. The maximum Gasteiger partial charge on any atom is 0.133 e. The van der Waals surface area contributed by atoms with Crippen molar-refractivity contribution >= 4 is 28.1 Å². The Kier molecular flexibility index (Phi) is 3.80. The smallest absolute Gasteiger partial charge is 0.133 e. The number of H-pyrrole nitrogens is 1. The molecule has 1 aromatic carbocycles. The van der Waals surface area contributed by atoms with Gasteiger partial charge in [-0.2, -0.15) is 0 Å². The van der Waals surface area contributed by atoms with Crippen molar-refractivity contribution in [1.82, 2.24) is 9.97 Å². The van der Waals surface area contributed by atoms with Crippen molar-refractivity contribution in [2.75, 3.05) is 0 Å². The minimum Gasteiger partial charge on any atom is -0.347 e. The highest BCUT2D eigenvalue weighted by atomic mass is 79.9. The highest BCUT2D eigenvalue weighted by Gasteiger charge is 2.13. The minimum atomic E-state index is 0.790. The molecule has 0 unspecified atom stereocenters. The topological polar surface area (TPSA) is 28.7 Å². The summed E-state index contributed by atoms with van der Waals surface area (Å²) in [5, 5.41) is 0. The molecule has 2 nitrogen and oxygen atoms in total. The molecule has 1 aliphatic rings. The number of hydrogen-bond acceptors (Lipinski definition) is 2. The number of nitrogens with one attached hydrogen (secondary N) is 1. The van der Waals surface area contributed by atoms with Gasteiger partial charge in [0.2, 0.25) is 0 Å². The second kappa shape index (κ2) is 5.55. The van der Waals surface area contributed by atoms with Crippen LogP contribution in [-0.4, -0.2) is 9.97 Å². The summed E-state index contributed by atoms with van der Waals surface area (Å²) < 4.78 is 1.89. The van der Waals surface area contributed by atoms with Crippen molar-refractivity contribution in [1.29, 1.82) is 0 Å². The van der Waals surface area contributed by atoms with Crippen molar-refractivity contribution in [2.24, 2.45) is 0 Å². The van der Waals surface area contributed by atoms with Crippen LogP contribution in [0.5, 0.6) is 0 Å². The number of aryl methyl sites for hydroxylation is 1. The minimum absolute atomic E-state index is 0.790. The molecule has 0 saturated carbocycles. The van der Waals surface area contributed by atoms with E-state index in [0.29, 0.717) is 0 Å². The molecule has 0 aliphatic heterocycles. The van der Waals surface area contributed by atoms with E-state index in [-0.39, 0.29) is 0 Å². The average Bonchev–Trinajstić information content (AvgIpc) is 2.39. The molecular formula is C15H15BrN2S. The van der Waals surface area contributed by atoms with Crippen LogP contribution in [0.25, 0.3) is 0 Å². The first-order valence-corrected chi connectivity index (χ1v) is 7.78. The maximum atomic E-state index is 5.43. The molecule has 0 saturated heterocycles. The largest absolute Gasteiger partial charge is 0.347 e. The number of benzene rings is 1. The molecule has 1 aromatic heterocycles. The third-order valence-electron chi connectivity index (χ3n) is 3.52. The van der Waals surface area contributed by atoms with Gasteiger partial charge in [-0.3, -0.25) is 0 Å². The van der Waals surface area contributed by atoms with Crippen molar-refractivity contribution in [2.45, 2.75) is 32.1 Å². The van der Waals surface area contributed by atoms with Crippen molar-refractivity contribution in [3.8, 4) is 0 Å². The van der Waals surface area contributed by atoms with Crippen LogP contribution in [0.4, 0.5) is 0 Å². The lowest BCUT2D eigenvalue weighted by molar-refractivity contribution is 0.653.